The molecule has 0 aliphatic carbocycles. The van der Waals surface area contributed by atoms with Crippen molar-refractivity contribution in [1.29, 1.82) is 0 Å². The van der Waals surface area contributed by atoms with E-state index in [4.69, 9.17) is 4.74 Å². The van der Waals surface area contributed by atoms with Crippen LogP contribution in [0.25, 0.3) is 0 Å². The standard InChI is InChI=1S/C17H25N3O3S/c21-16(18-11-15-3-1-10-24-15)12-19-5-2-6-20(8-7-19)17(22)14-4-9-23-13-14/h1,3,10,14H,2,4-9,11-13H2,(H,18,21). The molecule has 2 amide bonds. The van der Waals surface area contributed by atoms with E-state index < -0.39 is 0 Å². The number of rotatable bonds is 5. The van der Waals surface area contributed by atoms with E-state index in [0.29, 0.717) is 32.8 Å². The van der Waals surface area contributed by atoms with Crippen molar-refractivity contribution < 1.29 is 14.3 Å². The normalized spacial score (nSPS) is 22.3. The lowest BCUT2D eigenvalue weighted by Gasteiger charge is -2.23. The van der Waals surface area contributed by atoms with Crippen LogP contribution in [-0.2, 0) is 20.9 Å². The number of nitrogens with one attached hydrogen (secondary N) is 1. The Hall–Kier alpha value is -1.44. The van der Waals surface area contributed by atoms with Crippen molar-refractivity contribution in [3.63, 3.8) is 0 Å². The second-order valence-electron chi connectivity index (χ2n) is 6.37. The van der Waals surface area contributed by atoms with Gasteiger partial charge in [-0.3, -0.25) is 14.5 Å². The minimum atomic E-state index is 0.0330. The maximum Gasteiger partial charge on any atom is 0.234 e. The van der Waals surface area contributed by atoms with E-state index in [9.17, 15) is 9.59 Å². The molecule has 2 aliphatic heterocycles. The maximum absolute atomic E-state index is 12.5. The molecule has 132 valence electrons. The van der Waals surface area contributed by atoms with Crippen LogP contribution >= 0.6 is 11.3 Å². The van der Waals surface area contributed by atoms with Gasteiger partial charge < -0.3 is 15.0 Å². The molecule has 3 heterocycles. The van der Waals surface area contributed by atoms with Gasteiger partial charge in [0.05, 0.1) is 25.6 Å². The number of amides is 2. The zero-order chi connectivity index (χ0) is 16.8. The summed E-state index contributed by atoms with van der Waals surface area (Å²) < 4.78 is 5.32. The maximum atomic E-state index is 12.5. The third-order valence-corrected chi connectivity index (χ3v) is 5.46. The number of ether oxygens (including phenoxy) is 1. The van der Waals surface area contributed by atoms with Gasteiger partial charge in [-0.25, -0.2) is 0 Å². The molecule has 0 aromatic carbocycles. The van der Waals surface area contributed by atoms with Gasteiger partial charge in [-0.1, -0.05) is 6.07 Å². The fraction of sp³-hybridized carbons (Fsp3) is 0.647. The van der Waals surface area contributed by atoms with Gasteiger partial charge in [0.15, 0.2) is 0 Å². The van der Waals surface area contributed by atoms with Gasteiger partial charge in [0.2, 0.25) is 11.8 Å². The fourth-order valence-corrected chi connectivity index (χ4v) is 3.84. The van der Waals surface area contributed by atoms with Crippen LogP contribution in [0.5, 0.6) is 0 Å². The lowest BCUT2D eigenvalue weighted by atomic mass is 10.1. The molecule has 2 fully saturated rings. The number of thiophene rings is 1. The molecule has 0 saturated carbocycles. The summed E-state index contributed by atoms with van der Waals surface area (Å²) >= 11 is 1.65. The highest BCUT2D eigenvalue weighted by Crippen LogP contribution is 2.17. The Morgan fingerprint density at radius 2 is 2.21 bits per heavy atom. The summed E-state index contributed by atoms with van der Waals surface area (Å²) in [5.41, 5.74) is 0. The first-order chi connectivity index (χ1) is 11.7. The van der Waals surface area contributed by atoms with Crippen molar-refractivity contribution in [3.8, 4) is 0 Å². The summed E-state index contributed by atoms with van der Waals surface area (Å²) in [6.45, 7) is 5.35. The molecule has 1 aromatic rings. The van der Waals surface area contributed by atoms with Crippen molar-refractivity contribution in [2.75, 3.05) is 45.9 Å². The first-order valence-corrected chi connectivity index (χ1v) is 9.48. The molecule has 0 radical (unpaired) electrons. The summed E-state index contributed by atoms with van der Waals surface area (Å²) in [7, 11) is 0. The minimum Gasteiger partial charge on any atom is -0.381 e. The van der Waals surface area contributed by atoms with Crippen LogP contribution in [0.4, 0.5) is 0 Å². The number of carbonyl (C=O) groups is 2. The first-order valence-electron chi connectivity index (χ1n) is 8.60. The van der Waals surface area contributed by atoms with Crippen molar-refractivity contribution >= 4 is 23.2 Å². The summed E-state index contributed by atoms with van der Waals surface area (Å²) in [5.74, 6) is 0.300. The highest BCUT2D eigenvalue weighted by molar-refractivity contribution is 7.09. The van der Waals surface area contributed by atoms with E-state index in [1.54, 1.807) is 11.3 Å². The van der Waals surface area contributed by atoms with E-state index in [1.165, 1.54) is 0 Å². The molecule has 24 heavy (non-hydrogen) atoms. The summed E-state index contributed by atoms with van der Waals surface area (Å²) in [6, 6.07) is 4.01. The average molecular weight is 351 g/mol. The fourth-order valence-electron chi connectivity index (χ4n) is 3.19. The number of nitrogens with zero attached hydrogens (tertiary/aromatic N) is 2. The predicted molar refractivity (Wildman–Crippen MR) is 92.7 cm³/mol. The molecular formula is C17H25N3O3S. The Bertz CT molecular complexity index is 543. The zero-order valence-electron chi connectivity index (χ0n) is 13.9. The van der Waals surface area contributed by atoms with Crippen molar-refractivity contribution in [1.82, 2.24) is 15.1 Å². The van der Waals surface area contributed by atoms with Crippen molar-refractivity contribution in [2.45, 2.75) is 19.4 Å². The molecule has 2 aliphatic rings. The molecule has 1 aromatic heterocycles. The van der Waals surface area contributed by atoms with Crippen molar-refractivity contribution in [3.05, 3.63) is 22.4 Å². The van der Waals surface area contributed by atoms with Crippen LogP contribution in [0, 0.1) is 5.92 Å². The summed E-state index contributed by atoms with van der Waals surface area (Å²) in [4.78, 5) is 29.8. The quantitative estimate of drug-likeness (QED) is 0.857. The van der Waals surface area contributed by atoms with Gasteiger partial charge in [-0.2, -0.15) is 0 Å². The Labute approximate surface area is 146 Å². The van der Waals surface area contributed by atoms with Crippen LogP contribution in [0.1, 0.15) is 17.7 Å². The topological polar surface area (TPSA) is 61.9 Å². The van der Waals surface area contributed by atoms with Crippen molar-refractivity contribution in [2.24, 2.45) is 5.92 Å². The molecule has 7 heteroatoms. The Morgan fingerprint density at radius 1 is 1.29 bits per heavy atom. The molecule has 1 N–H and O–H groups in total. The van der Waals surface area contributed by atoms with Crippen LogP contribution in [0.2, 0.25) is 0 Å². The number of hydrogen-bond acceptors (Lipinski definition) is 5. The van der Waals surface area contributed by atoms with Crippen LogP contribution in [0.15, 0.2) is 17.5 Å². The first kappa shape index (κ1) is 17.4. The lowest BCUT2D eigenvalue weighted by molar-refractivity contribution is -0.135. The van der Waals surface area contributed by atoms with Crippen LogP contribution in [-0.4, -0.2) is 67.6 Å². The van der Waals surface area contributed by atoms with Gasteiger partial charge in [0.1, 0.15) is 0 Å². The molecule has 0 spiro atoms. The van der Waals surface area contributed by atoms with Gasteiger partial charge in [0.25, 0.3) is 0 Å². The second-order valence-corrected chi connectivity index (χ2v) is 7.40. The number of hydrogen-bond donors (Lipinski definition) is 1. The Morgan fingerprint density at radius 3 is 2.96 bits per heavy atom. The van der Waals surface area contributed by atoms with E-state index in [-0.39, 0.29) is 17.7 Å². The van der Waals surface area contributed by atoms with Crippen LogP contribution < -0.4 is 5.32 Å². The van der Waals surface area contributed by atoms with Gasteiger partial charge >= 0.3 is 0 Å². The largest absolute Gasteiger partial charge is 0.381 e. The molecule has 1 unspecified atom stereocenters. The van der Waals surface area contributed by atoms with Crippen LogP contribution in [0.3, 0.4) is 0 Å². The van der Waals surface area contributed by atoms with Gasteiger partial charge in [-0.15, -0.1) is 11.3 Å². The van der Waals surface area contributed by atoms with Gasteiger partial charge in [-0.05, 0) is 24.3 Å². The number of carbonyl (C=O) groups excluding carboxylic acids is 2. The summed E-state index contributed by atoms with van der Waals surface area (Å²) in [6.07, 6.45) is 1.75. The minimum absolute atomic E-state index is 0.0330. The van der Waals surface area contributed by atoms with E-state index in [2.05, 4.69) is 10.2 Å². The molecule has 0 bridgehead atoms. The highest BCUT2D eigenvalue weighted by atomic mass is 32.1. The highest BCUT2D eigenvalue weighted by Gasteiger charge is 2.29. The molecule has 3 rings (SSSR count). The smallest absolute Gasteiger partial charge is 0.234 e. The van der Waals surface area contributed by atoms with E-state index in [1.807, 2.05) is 22.4 Å². The second kappa shape index (κ2) is 8.60. The molecular weight excluding hydrogens is 326 g/mol. The lowest BCUT2D eigenvalue weighted by Crippen LogP contribution is -2.41. The average Bonchev–Trinajstić information content (AvgIpc) is 3.24. The SMILES string of the molecule is O=C(CN1CCCN(C(=O)C2CCOC2)CC1)NCc1cccs1. The Balaban J connectivity index is 1.41. The summed E-state index contributed by atoms with van der Waals surface area (Å²) in [5, 5.41) is 4.98. The Kier molecular flexibility index (Phi) is 6.23. The van der Waals surface area contributed by atoms with E-state index in [0.717, 1.165) is 37.4 Å². The molecule has 2 saturated heterocycles. The molecule has 6 nitrogen and oxygen atoms in total. The zero-order valence-corrected chi connectivity index (χ0v) is 14.7. The predicted octanol–water partition coefficient (Wildman–Crippen LogP) is 0.935. The third kappa shape index (κ3) is 4.78. The monoisotopic (exact) mass is 351 g/mol. The molecule has 1 atom stereocenters. The third-order valence-electron chi connectivity index (χ3n) is 4.59. The van der Waals surface area contributed by atoms with E-state index >= 15 is 0 Å². The van der Waals surface area contributed by atoms with Gasteiger partial charge in [0, 0.05) is 37.7 Å².